The second-order valence-corrected chi connectivity index (χ2v) is 7.29. The Hall–Kier alpha value is -3.21. The van der Waals surface area contributed by atoms with Crippen LogP contribution in [0.3, 0.4) is 0 Å². The monoisotopic (exact) mass is 431 g/mol. The number of nitrogens with one attached hydrogen (secondary N) is 1. The van der Waals surface area contributed by atoms with E-state index in [0.29, 0.717) is 41.5 Å². The van der Waals surface area contributed by atoms with Crippen molar-refractivity contribution in [3.8, 4) is 17.4 Å². The summed E-state index contributed by atoms with van der Waals surface area (Å²) in [4.78, 5) is 12.5. The van der Waals surface area contributed by atoms with Crippen molar-refractivity contribution >= 4 is 23.4 Å². The number of carbonyl (C=O) groups is 1. The third kappa shape index (κ3) is 4.85. The lowest BCUT2D eigenvalue weighted by atomic mass is 10.2. The van der Waals surface area contributed by atoms with Gasteiger partial charge in [0.15, 0.2) is 0 Å². The van der Waals surface area contributed by atoms with Crippen LogP contribution in [0.2, 0.25) is 0 Å². The second-order valence-electron chi connectivity index (χ2n) is 6.35. The van der Waals surface area contributed by atoms with Crippen molar-refractivity contribution in [1.82, 2.24) is 24.7 Å². The number of nitrogen functional groups attached to an aromatic ring is 1. The highest BCUT2D eigenvalue weighted by Gasteiger charge is 2.17. The minimum Gasteiger partial charge on any atom is -0.494 e. The van der Waals surface area contributed by atoms with Gasteiger partial charge in [0, 0.05) is 11.8 Å². The van der Waals surface area contributed by atoms with Gasteiger partial charge in [-0.05, 0) is 45.9 Å². The normalized spacial score (nSPS) is 10.8. The molecular formula is C19H25N7O3S. The molecule has 1 aromatic carbocycles. The Bertz CT molecular complexity index is 1030. The van der Waals surface area contributed by atoms with E-state index in [4.69, 9.17) is 15.3 Å². The van der Waals surface area contributed by atoms with Crippen LogP contribution in [0.25, 0.3) is 5.95 Å². The van der Waals surface area contributed by atoms with Gasteiger partial charge in [0.05, 0.1) is 30.3 Å². The minimum atomic E-state index is -0.231. The maximum Gasteiger partial charge on any atom is 0.271 e. The van der Waals surface area contributed by atoms with Crippen molar-refractivity contribution in [3.63, 3.8) is 0 Å². The van der Waals surface area contributed by atoms with Crippen LogP contribution in [0.5, 0.6) is 11.5 Å². The standard InChI is InChI=1S/C19H25N7O3S/c1-5-28-14-7-8-16(29-6-2)15(10-14)21-17(27)11-30-19-23-22-18(25(19)20)26-13(4)9-12(3)24-26/h7-10H,5-6,11,20H2,1-4H3,(H,21,27). The summed E-state index contributed by atoms with van der Waals surface area (Å²) >= 11 is 1.18. The van der Waals surface area contributed by atoms with E-state index in [9.17, 15) is 4.79 Å². The van der Waals surface area contributed by atoms with Gasteiger partial charge in [-0.2, -0.15) is 5.10 Å². The van der Waals surface area contributed by atoms with Crippen molar-refractivity contribution in [2.75, 3.05) is 30.1 Å². The van der Waals surface area contributed by atoms with Gasteiger partial charge in [0.1, 0.15) is 11.5 Å². The van der Waals surface area contributed by atoms with Crippen molar-refractivity contribution in [3.05, 3.63) is 35.7 Å². The minimum absolute atomic E-state index is 0.0941. The van der Waals surface area contributed by atoms with Crippen LogP contribution in [0.4, 0.5) is 5.69 Å². The lowest BCUT2D eigenvalue weighted by molar-refractivity contribution is -0.113. The van der Waals surface area contributed by atoms with E-state index in [0.717, 1.165) is 11.4 Å². The molecule has 3 rings (SSSR count). The van der Waals surface area contributed by atoms with Gasteiger partial charge >= 0.3 is 0 Å². The quantitative estimate of drug-likeness (QED) is 0.391. The van der Waals surface area contributed by atoms with E-state index in [2.05, 4.69) is 20.6 Å². The summed E-state index contributed by atoms with van der Waals surface area (Å²) in [5.74, 6) is 7.58. The molecule has 10 nitrogen and oxygen atoms in total. The summed E-state index contributed by atoms with van der Waals surface area (Å²) < 4.78 is 14.0. The summed E-state index contributed by atoms with van der Waals surface area (Å²) in [5, 5.41) is 15.8. The van der Waals surface area contributed by atoms with Gasteiger partial charge in [-0.1, -0.05) is 11.8 Å². The SMILES string of the molecule is CCOc1ccc(OCC)c(NC(=O)CSc2nnc(-n3nc(C)cc3C)n2N)c1. The van der Waals surface area contributed by atoms with E-state index >= 15 is 0 Å². The van der Waals surface area contributed by atoms with E-state index in [1.807, 2.05) is 33.8 Å². The van der Waals surface area contributed by atoms with Crippen LogP contribution in [-0.4, -0.2) is 49.5 Å². The number of nitrogens with two attached hydrogens (primary N) is 1. The van der Waals surface area contributed by atoms with Crippen LogP contribution in [0.1, 0.15) is 25.2 Å². The van der Waals surface area contributed by atoms with Gasteiger partial charge in [-0.15, -0.1) is 10.2 Å². The third-order valence-corrected chi connectivity index (χ3v) is 4.96. The Morgan fingerprint density at radius 2 is 1.93 bits per heavy atom. The largest absolute Gasteiger partial charge is 0.494 e. The lowest BCUT2D eigenvalue weighted by Crippen LogP contribution is -2.19. The van der Waals surface area contributed by atoms with E-state index in [-0.39, 0.29) is 11.7 Å². The summed E-state index contributed by atoms with van der Waals surface area (Å²) in [6, 6.07) is 7.23. The Kier molecular flexibility index (Phi) is 6.83. The van der Waals surface area contributed by atoms with E-state index in [1.165, 1.54) is 16.4 Å². The molecule has 0 bridgehead atoms. The van der Waals surface area contributed by atoms with Crippen LogP contribution in [0, 0.1) is 13.8 Å². The fourth-order valence-corrected chi connectivity index (χ4v) is 3.46. The van der Waals surface area contributed by atoms with E-state index < -0.39 is 0 Å². The van der Waals surface area contributed by atoms with Gasteiger partial charge in [0.25, 0.3) is 5.95 Å². The molecule has 0 unspecified atom stereocenters. The molecule has 0 radical (unpaired) electrons. The number of hydrogen-bond donors (Lipinski definition) is 2. The highest BCUT2D eigenvalue weighted by atomic mass is 32.2. The number of rotatable bonds is 9. The van der Waals surface area contributed by atoms with Gasteiger partial charge in [0.2, 0.25) is 11.1 Å². The number of amides is 1. The number of carbonyl (C=O) groups excluding carboxylic acids is 1. The first-order valence-electron chi connectivity index (χ1n) is 9.49. The topological polar surface area (TPSA) is 122 Å². The molecule has 0 fully saturated rings. The zero-order chi connectivity index (χ0) is 21.7. The Balaban J connectivity index is 1.68. The van der Waals surface area contributed by atoms with E-state index in [1.54, 1.807) is 22.9 Å². The molecule has 3 aromatic rings. The fourth-order valence-electron chi connectivity index (χ4n) is 2.80. The molecule has 0 aliphatic rings. The number of hydrogen-bond acceptors (Lipinski definition) is 8. The molecule has 2 aromatic heterocycles. The zero-order valence-corrected chi connectivity index (χ0v) is 18.2. The highest BCUT2D eigenvalue weighted by Crippen LogP contribution is 2.30. The molecule has 1 amide bonds. The number of aromatic nitrogens is 5. The molecule has 0 atom stereocenters. The number of benzene rings is 1. The van der Waals surface area contributed by atoms with Gasteiger partial charge < -0.3 is 20.6 Å². The number of anilines is 1. The third-order valence-electron chi connectivity index (χ3n) is 4.01. The average molecular weight is 432 g/mol. The first kappa shape index (κ1) is 21.5. The van der Waals surface area contributed by atoms with Crippen molar-refractivity contribution < 1.29 is 14.3 Å². The van der Waals surface area contributed by atoms with Crippen LogP contribution in [-0.2, 0) is 4.79 Å². The lowest BCUT2D eigenvalue weighted by Gasteiger charge is -2.13. The van der Waals surface area contributed by atoms with Crippen LogP contribution in [0.15, 0.2) is 29.4 Å². The number of ether oxygens (including phenoxy) is 2. The summed E-state index contributed by atoms with van der Waals surface area (Å²) in [6.45, 7) is 8.58. The molecule has 0 saturated carbocycles. The predicted octanol–water partition coefficient (Wildman–Crippen LogP) is 2.32. The Morgan fingerprint density at radius 3 is 2.60 bits per heavy atom. The maximum absolute atomic E-state index is 12.5. The fraction of sp³-hybridized carbons (Fsp3) is 0.368. The molecule has 30 heavy (non-hydrogen) atoms. The molecule has 3 N–H and O–H groups in total. The van der Waals surface area contributed by atoms with Crippen molar-refractivity contribution in [2.24, 2.45) is 0 Å². The van der Waals surface area contributed by atoms with Crippen molar-refractivity contribution in [1.29, 1.82) is 0 Å². The molecule has 0 spiro atoms. The number of thioether (sulfide) groups is 1. The molecule has 0 aliphatic heterocycles. The van der Waals surface area contributed by atoms with Crippen molar-refractivity contribution in [2.45, 2.75) is 32.9 Å². The Morgan fingerprint density at radius 1 is 1.17 bits per heavy atom. The molecule has 2 heterocycles. The molecule has 0 saturated heterocycles. The molecule has 11 heteroatoms. The molecule has 160 valence electrons. The first-order valence-corrected chi connectivity index (χ1v) is 10.5. The second kappa shape index (κ2) is 9.53. The maximum atomic E-state index is 12.5. The number of aryl methyl sites for hydroxylation is 2. The average Bonchev–Trinajstić information content (AvgIpc) is 3.23. The summed E-state index contributed by atoms with van der Waals surface area (Å²) in [7, 11) is 0. The number of nitrogens with zero attached hydrogens (tertiary/aromatic N) is 5. The predicted molar refractivity (Wildman–Crippen MR) is 115 cm³/mol. The van der Waals surface area contributed by atoms with Gasteiger partial charge in [-0.3, -0.25) is 4.79 Å². The van der Waals surface area contributed by atoms with Crippen LogP contribution < -0.4 is 20.6 Å². The summed E-state index contributed by atoms with van der Waals surface area (Å²) in [6.07, 6.45) is 0. The van der Waals surface area contributed by atoms with Crippen LogP contribution >= 0.6 is 11.8 Å². The smallest absolute Gasteiger partial charge is 0.271 e. The molecule has 0 aliphatic carbocycles. The van der Waals surface area contributed by atoms with Gasteiger partial charge in [-0.25, -0.2) is 9.36 Å². The molecular weight excluding hydrogens is 406 g/mol. The zero-order valence-electron chi connectivity index (χ0n) is 17.4. The Labute approximate surface area is 178 Å². The summed E-state index contributed by atoms with van der Waals surface area (Å²) in [5.41, 5.74) is 2.29. The highest BCUT2D eigenvalue weighted by molar-refractivity contribution is 7.99. The first-order chi connectivity index (χ1) is 14.4.